The molecule has 4 rings (SSSR count). The van der Waals surface area contributed by atoms with Crippen molar-refractivity contribution in [2.45, 2.75) is 44.9 Å². The lowest BCUT2D eigenvalue weighted by molar-refractivity contribution is -0.131. The second kappa shape index (κ2) is 8.58. The highest BCUT2D eigenvalue weighted by Gasteiger charge is 2.41. The summed E-state index contributed by atoms with van der Waals surface area (Å²) >= 11 is 0. The van der Waals surface area contributed by atoms with E-state index in [9.17, 15) is 9.18 Å². The minimum atomic E-state index is -0.197. The highest BCUT2D eigenvalue weighted by Crippen LogP contribution is 2.51. The number of benzene rings is 2. The number of likely N-dealkylation sites (tertiary alicyclic amines) is 1. The van der Waals surface area contributed by atoms with E-state index in [-0.39, 0.29) is 17.1 Å². The van der Waals surface area contributed by atoms with E-state index in [1.165, 1.54) is 27.8 Å². The topological polar surface area (TPSA) is 23.6 Å². The van der Waals surface area contributed by atoms with Gasteiger partial charge in [0, 0.05) is 31.5 Å². The molecule has 164 valence electrons. The summed E-state index contributed by atoms with van der Waals surface area (Å²) in [6.45, 7) is 6.80. The Bertz CT molecular complexity index is 998. The summed E-state index contributed by atoms with van der Waals surface area (Å²) in [5.74, 6) is 0.0548. The van der Waals surface area contributed by atoms with E-state index < -0.39 is 0 Å². The van der Waals surface area contributed by atoms with Crippen LogP contribution in [0.5, 0.6) is 0 Å². The molecule has 3 nitrogen and oxygen atoms in total. The van der Waals surface area contributed by atoms with Crippen LogP contribution in [0.3, 0.4) is 0 Å². The molecular formula is C27H33FN2O. The number of halogens is 1. The van der Waals surface area contributed by atoms with Gasteiger partial charge in [0.25, 0.3) is 0 Å². The Hall–Kier alpha value is -2.46. The van der Waals surface area contributed by atoms with Crippen LogP contribution in [-0.4, -0.2) is 49.4 Å². The van der Waals surface area contributed by atoms with Crippen molar-refractivity contribution in [3.8, 4) is 0 Å². The second-order valence-corrected chi connectivity index (χ2v) is 9.59. The lowest BCUT2D eigenvalue weighted by Crippen LogP contribution is -2.38. The van der Waals surface area contributed by atoms with Crippen molar-refractivity contribution in [2.75, 3.05) is 33.7 Å². The van der Waals surface area contributed by atoms with Gasteiger partial charge in [-0.25, -0.2) is 4.39 Å². The van der Waals surface area contributed by atoms with E-state index in [0.29, 0.717) is 6.42 Å². The Morgan fingerprint density at radius 3 is 2.42 bits per heavy atom. The molecule has 2 aromatic carbocycles. The predicted octanol–water partition coefficient (Wildman–Crippen LogP) is 4.98. The van der Waals surface area contributed by atoms with Crippen molar-refractivity contribution in [1.29, 1.82) is 0 Å². The molecule has 1 unspecified atom stereocenters. The number of hydrogen-bond acceptors (Lipinski definition) is 2. The summed E-state index contributed by atoms with van der Waals surface area (Å²) in [6, 6.07) is 13.8. The lowest BCUT2D eigenvalue weighted by atomic mass is 9.73. The zero-order valence-corrected chi connectivity index (χ0v) is 19.2. The number of piperidine rings is 1. The Kier molecular flexibility index (Phi) is 6.02. The summed E-state index contributed by atoms with van der Waals surface area (Å²) in [6.07, 6.45) is 3.33. The number of nitrogens with zero attached hydrogens (tertiary/aromatic N) is 2. The van der Waals surface area contributed by atoms with Crippen LogP contribution in [0.4, 0.5) is 4.39 Å². The fourth-order valence-corrected chi connectivity index (χ4v) is 5.24. The summed E-state index contributed by atoms with van der Waals surface area (Å²) in [5, 5.41) is 0. The van der Waals surface area contributed by atoms with Crippen LogP contribution in [-0.2, 0) is 16.6 Å². The number of amides is 1. The van der Waals surface area contributed by atoms with Crippen LogP contribution >= 0.6 is 0 Å². The van der Waals surface area contributed by atoms with Crippen LogP contribution in [0.25, 0.3) is 5.57 Å². The highest BCUT2D eigenvalue weighted by atomic mass is 19.1. The quantitative estimate of drug-likeness (QED) is 0.697. The molecule has 1 aliphatic heterocycles. The molecule has 0 aromatic heterocycles. The highest BCUT2D eigenvalue weighted by molar-refractivity contribution is 5.85. The van der Waals surface area contributed by atoms with Gasteiger partial charge < -0.3 is 9.80 Å². The molecule has 1 fully saturated rings. The molecule has 2 aliphatic rings. The van der Waals surface area contributed by atoms with E-state index in [1.54, 1.807) is 12.1 Å². The van der Waals surface area contributed by atoms with Crippen LogP contribution < -0.4 is 0 Å². The molecule has 0 spiro atoms. The number of carbonyl (C=O) groups excluding carboxylic acids is 1. The number of allylic oxidation sites excluding steroid dienone is 1. The van der Waals surface area contributed by atoms with Gasteiger partial charge in [-0.2, -0.15) is 0 Å². The van der Waals surface area contributed by atoms with E-state index in [0.717, 1.165) is 44.5 Å². The zero-order valence-electron chi connectivity index (χ0n) is 19.2. The fraction of sp³-hybridized carbons (Fsp3) is 0.444. The molecule has 1 aliphatic carbocycles. The minimum absolute atomic E-state index is 0.170. The third-order valence-electron chi connectivity index (χ3n) is 6.96. The fourth-order valence-electron chi connectivity index (χ4n) is 5.24. The van der Waals surface area contributed by atoms with Gasteiger partial charge in [-0.15, -0.1) is 0 Å². The molecule has 1 atom stereocenters. The van der Waals surface area contributed by atoms with E-state index in [1.807, 2.05) is 31.1 Å². The molecule has 2 aromatic rings. The molecular weight excluding hydrogens is 387 g/mol. The summed E-state index contributed by atoms with van der Waals surface area (Å²) in [7, 11) is 4.00. The van der Waals surface area contributed by atoms with Crippen molar-refractivity contribution >= 4 is 11.5 Å². The first-order valence-electron chi connectivity index (χ1n) is 11.3. The van der Waals surface area contributed by atoms with Crippen molar-refractivity contribution in [1.82, 2.24) is 9.80 Å². The van der Waals surface area contributed by atoms with Gasteiger partial charge in [-0.3, -0.25) is 4.79 Å². The zero-order chi connectivity index (χ0) is 22.2. The first kappa shape index (κ1) is 21.8. The summed E-state index contributed by atoms with van der Waals surface area (Å²) in [5.41, 5.74) is 7.81. The first-order chi connectivity index (χ1) is 14.8. The van der Waals surface area contributed by atoms with Crippen molar-refractivity contribution in [2.24, 2.45) is 0 Å². The van der Waals surface area contributed by atoms with Gasteiger partial charge in [0.1, 0.15) is 5.82 Å². The Balaban J connectivity index is 1.67. The average molecular weight is 421 g/mol. The average Bonchev–Trinajstić information content (AvgIpc) is 3.04. The molecule has 1 amide bonds. The maximum Gasteiger partial charge on any atom is 0.223 e. The largest absolute Gasteiger partial charge is 0.342 e. The van der Waals surface area contributed by atoms with Gasteiger partial charge in [0.2, 0.25) is 5.91 Å². The molecule has 0 saturated carbocycles. The second-order valence-electron chi connectivity index (χ2n) is 9.59. The van der Waals surface area contributed by atoms with Crippen molar-refractivity contribution in [3.63, 3.8) is 0 Å². The maximum absolute atomic E-state index is 13.6. The van der Waals surface area contributed by atoms with Gasteiger partial charge in [-0.1, -0.05) is 48.4 Å². The molecule has 0 bridgehead atoms. The SMILES string of the molecule is Cc1ccc2c(c1)C(=C1CCN(C(=O)CCN(C)C)CC1)C(C)(c1ccc(F)cc1)C2. The van der Waals surface area contributed by atoms with Crippen molar-refractivity contribution < 1.29 is 9.18 Å². The normalized spacial score (nSPS) is 21.0. The number of fused-ring (bicyclic) bond motifs is 1. The molecule has 4 heteroatoms. The van der Waals surface area contributed by atoms with Crippen molar-refractivity contribution in [3.05, 3.63) is 76.1 Å². The predicted molar refractivity (Wildman–Crippen MR) is 125 cm³/mol. The van der Waals surface area contributed by atoms with Gasteiger partial charge in [0.05, 0.1) is 0 Å². The van der Waals surface area contributed by atoms with Gasteiger partial charge >= 0.3 is 0 Å². The standard InChI is InChI=1S/C27H33FN2O/c1-19-5-6-21-18-27(2,22-7-9-23(28)10-8-22)26(24(21)17-19)20-11-15-30(16-12-20)25(31)13-14-29(3)4/h5-10,17H,11-16,18H2,1-4H3. The Morgan fingerprint density at radius 1 is 1.10 bits per heavy atom. The summed E-state index contributed by atoms with van der Waals surface area (Å²) < 4.78 is 13.6. The third kappa shape index (κ3) is 4.31. The third-order valence-corrected chi connectivity index (χ3v) is 6.96. The van der Waals surface area contributed by atoms with E-state index >= 15 is 0 Å². The monoisotopic (exact) mass is 420 g/mol. The molecule has 0 radical (unpaired) electrons. The minimum Gasteiger partial charge on any atom is -0.342 e. The van der Waals surface area contributed by atoms with Gasteiger partial charge in [-0.05, 0) is 74.7 Å². The van der Waals surface area contributed by atoms with Gasteiger partial charge in [0.15, 0.2) is 0 Å². The van der Waals surface area contributed by atoms with E-state index in [4.69, 9.17) is 0 Å². The Morgan fingerprint density at radius 2 is 1.77 bits per heavy atom. The summed E-state index contributed by atoms with van der Waals surface area (Å²) in [4.78, 5) is 16.7. The van der Waals surface area contributed by atoms with Crippen LogP contribution in [0, 0.1) is 12.7 Å². The molecule has 31 heavy (non-hydrogen) atoms. The first-order valence-corrected chi connectivity index (χ1v) is 11.3. The number of aryl methyl sites for hydroxylation is 1. The number of rotatable bonds is 4. The number of carbonyl (C=O) groups is 1. The Labute approximate surface area is 185 Å². The van der Waals surface area contributed by atoms with Crippen LogP contribution in [0.15, 0.2) is 48.0 Å². The lowest BCUT2D eigenvalue weighted by Gasteiger charge is -2.34. The maximum atomic E-state index is 13.6. The van der Waals surface area contributed by atoms with Crippen LogP contribution in [0.1, 0.15) is 48.4 Å². The van der Waals surface area contributed by atoms with E-state index in [2.05, 4.69) is 36.9 Å². The number of hydrogen-bond donors (Lipinski definition) is 0. The smallest absolute Gasteiger partial charge is 0.223 e. The molecule has 0 N–H and O–H groups in total. The van der Waals surface area contributed by atoms with Crippen LogP contribution in [0.2, 0.25) is 0 Å². The molecule has 1 saturated heterocycles. The molecule has 1 heterocycles.